The first-order chi connectivity index (χ1) is 18.1. The Balaban J connectivity index is 1.22. The molecule has 0 radical (unpaired) electrons. The highest BCUT2D eigenvalue weighted by atomic mass is 19.4. The molecule has 0 aromatic heterocycles. The second kappa shape index (κ2) is 10.0. The standard InChI is InChI=1S/C29H32BF3N3O2/c1-18-25(19(2)28(34)20(3)27(18)30(31,32)33)16-35-12-14-36(15-13-35)29(37)38-17-26-23-10-6-4-8-21(23)22-9-5-7-11-24(22)26/h4-11,26H,12-17,34H2,1-3H3/q-1. The quantitative estimate of drug-likeness (QED) is 0.364. The van der Waals surface area contributed by atoms with E-state index in [9.17, 15) is 17.7 Å². The number of amides is 1. The van der Waals surface area contributed by atoms with Gasteiger partial charge in [0, 0.05) is 44.3 Å². The Labute approximate surface area is 221 Å². The minimum Gasteiger partial charge on any atom is -0.448 e. The van der Waals surface area contributed by atoms with Crippen molar-refractivity contribution in [1.29, 1.82) is 0 Å². The maximum atomic E-state index is 13.8. The lowest BCUT2D eigenvalue weighted by Gasteiger charge is -2.36. The van der Waals surface area contributed by atoms with Crippen LogP contribution in [0.25, 0.3) is 11.1 Å². The molecule has 0 unspecified atom stereocenters. The molecule has 2 N–H and O–H groups in total. The van der Waals surface area contributed by atoms with Gasteiger partial charge in [-0.3, -0.25) is 4.90 Å². The van der Waals surface area contributed by atoms with Gasteiger partial charge in [-0.15, -0.1) is 5.46 Å². The number of halogens is 3. The van der Waals surface area contributed by atoms with Gasteiger partial charge in [-0.2, -0.15) is 0 Å². The summed E-state index contributed by atoms with van der Waals surface area (Å²) in [5.74, 6) is -0.00462. The van der Waals surface area contributed by atoms with Gasteiger partial charge in [-0.05, 0) is 54.2 Å². The van der Waals surface area contributed by atoms with Crippen LogP contribution in [0.2, 0.25) is 0 Å². The van der Waals surface area contributed by atoms with Gasteiger partial charge in [0.2, 0.25) is 0 Å². The van der Waals surface area contributed by atoms with Crippen molar-refractivity contribution in [3.63, 3.8) is 0 Å². The molecular formula is C29H32BF3N3O2-. The van der Waals surface area contributed by atoms with Crippen LogP contribution in [0, 0.1) is 20.8 Å². The molecule has 38 heavy (non-hydrogen) atoms. The fourth-order valence-electron chi connectivity index (χ4n) is 6.04. The average Bonchev–Trinajstić information content (AvgIpc) is 3.22. The molecule has 200 valence electrons. The minimum atomic E-state index is -5.17. The summed E-state index contributed by atoms with van der Waals surface area (Å²) in [5.41, 5.74) is 12.1. The number of fused-ring (bicyclic) bond motifs is 3. The van der Waals surface area contributed by atoms with E-state index in [0.717, 1.165) is 11.1 Å². The van der Waals surface area contributed by atoms with E-state index in [0.29, 0.717) is 43.9 Å². The maximum Gasteiger partial charge on any atom is 0.510 e. The molecule has 1 amide bonds. The smallest absolute Gasteiger partial charge is 0.448 e. The van der Waals surface area contributed by atoms with E-state index in [1.165, 1.54) is 25.0 Å². The van der Waals surface area contributed by atoms with Crippen LogP contribution >= 0.6 is 0 Å². The van der Waals surface area contributed by atoms with Crippen LogP contribution in [0.15, 0.2) is 48.5 Å². The lowest BCUT2D eigenvalue weighted by atomic mass is 9.71. The zero-order valence-electron chi connectivity index (χ0n) is 21.9. The van der Waals surface area contributed by atoms with E-state index in [1.807, 2.05) is 24.3 Å². The van der Waals surface area contributed by atoms with Crippen LogP contribution in [0.4, 0.5) is 23.4 Å². The zero-order valence-corrected chi connectivity index (χ0v) is 21.9. The van der Waals surface area contributed by atoms with Crippen molar-refractivity contribution < 1.29 is 22.5 Å². The highest BCUT2D eigenvalue weighted by Crippen LogP contribution is 2.44. The fourth-order valence-corrected chi connectivity index (χ4v) is 6.04. The number of benzene rings is 3. The molecule has 0 saturated carbocycles. The summed E-state index contributed by atoms with van der Waals surface area (Å²) in [6.45, 7) is 2.20. The summed E-state index contributed by atoms with van der Waals surface area (Å²) in [6, 6.07) is 16.4. The largest absolute Gasteiger partial charge is 0.510 e. The number of nitrogen functional groups attached to an aromatic ring is 1. The Hall–Kier alpha value is -3.46. The van der Waals surface area contributed by atoms with Crippen molar-refractivity contribution in [2.75, 3.05) is 38.5 Å². The number of piperazine rings is 1. The predicted molar refractivity (Wildman–Crippen MR) is 146 cm³/mol. The first-order valence-electron chi connectivity index (χ1n) is 13.0. The third-order valence-corrected chi connectivity index (χ3v) is 8.20. The molecule has 9 heteroatoms. The second-order valence-corrected chi connectivity index (χ2v) is 10.3. The lowest BCUT2D eigenvalue weighted by Crippen LogP contribution is -2.49. The highest BCUT2D eigenvalue weighted by molar-refractivity contribution is 6.74. The van der Waals surface area contributed by atoms with E-state index in [2.05, 4.69) is 29.2 Å². The monoisotopic (exact) mass is 522 g/mol. The lowest BCUT2D eigenvalue weighted by molar-refractivity contribution is 0.0727. The average molecular weight is 522 g/mol. The molecule has 1 heterocycles. The molecule has 3 aromatic carbocycles. The Bertz CT molecular complexity index is 1340. The Morgan fingerprint density at radius 1 is 0.895 bits per heavy atom. The molecule has 1 saturated heterocycles. The summed E-state index contributed by atoms with van der Waals surface area (Å²) in [4.78, 5) is 16.7. The summed E-state index contributed by atoms with van der Waals surface area (Å²) >= 11 is 0. The van der Waals surface area contributed by atoms with Crippen LogP contribution in [0.1, 0.15) is 39.3 Å². The van der Waals surface area contributed by atoms with E-state index in [1.54, 1.807) is 11.8 Å². The van der Waals surface area contributed by atoms with Crippen molar-refractivity contribution in [3.8, 4) is 11.1 Å². The number of hydrogen-bond donors (Lipinski definition) is 1. The van der Waals surface area contributed by atoms with Gasteiger partial charge in [0.15, 0.2) is 0 Å². The normalized spacial score (nSPS) is 15.9. The number of anilines is 1. The van der Waals surface area contributed by atoms with E-state index in [4.69, 9.17) is 10.5 Å². The number of carbonyl (C=O) groups is 1. The molecule has 5 nitrogen and oxygen atoms in total. The Morgan fingerprint density at radius 2 is 1.45 bits per heavy atom. The van der Waals surface area contributed by atoms with Crippen LogP contribution in [-0.2, 0) is 11.3 Å². The summed E-state index contributed by atoms with van der Waals surface area (Å²) in [7, 11) is 0. The van der Waals surface area contributed by atoms with Gasteiger partial charge < -0.3 is 28.3 Å². The number of hydrogen-bond acceptors (Lipinski definition) is 4. The first-order valence-corrected chi connectivity index (χ1v) is 13.0. The number of rotatable bonds is 5. The number of nitrogens with two attached hydrogens (primary N) is 1. The minimum absolute atomic E-state index is 0.00462. The summed E-state index contributed by atoms with van der Waals surface area (Å²) < 4.78 is 47.2. The topological polar surface area (TPSA) is 58.8 Å². The molecule has 5 rings (SSSR count). The number of ether oxygens (including phenoxy) is 1. The number of carbonyl (C=O) groups excluding carboxylic acids is 1. The van der Waals surface area contributed by atoms with Gasteiger partial charge in [-0.25, -0.2) is 4.79 Å². The summed E-state index contributed by atoms with van der Waals surface area (Å²) in [5, 5.41) is 0. The van der Waals surface area contributed by atoms with Crippen molar-refractivity contribution in [1.82, 2.24) is 9.80 Å². The van der Waals surface area contributed by atoms with E-state index in [-0.39, 0.29) is 35.4 Å². The van der Waals surface area contributed by atoms with Gasteiger partial charge in [0.05, 0.1) is 0 Å². The van der Waals surface area contributed by atoms with Crippen molar-refractivity contribution in [3.05, 3.63) is 81.9 Å². The van der Waals surface area contributed by atoms with Crippen LogP contribution < -0.4 is 11.2 Å². The fraction of sp³-hybridized carbons (Fsp3) is 0.345. The van der Waals surface area contributed by atoms with Crippen LogP contribution in [-0.4, -0.2) is 55.7 Å². The van der Waals surface area contributed by atoms with Gasteiger partial charge >= 0.3 is 13.1 Å². The molecule has 3 aromatic rings. The molecule has 1 aliphatic carbocycles. The molecule has 0 atom stereocenters. The zero-order chi connectivity index (χ0) is 27.2. The molecule has 2 aliphatic rings. The third-order valence-electron chi connectivity index (χ3n) is 8.20. The van der Waals surface area contributed by atoms with Crippen molar-refractivity contribution in [2.24, 2.45) is 0 Å². The number of nitrogens with zero attached hydrogens (tertiary/aromatic N) is 2. The Morgan fingerprint density at radius 3 is 2.00 bits per heavy atom. The summed E-state index contributed by atoms with van der Waals surface area (Å²) in [6.07, 6.45) is -0.361. The Kier molecular flexibility index (Phi) is 6.90. The predicted octanol–water partition coefficient (Wildman–Crippen LogP) is 5.32. The first kappa shape index (κ1) is 26.2. The van der Waals surface area contributed by atoms with Crippen LogP contribution in [0.3, 0.4) is 0 Å². The highest BCUT2D eigenvalue weighted by Gasteiger charge is 2.33. The SMILES string of the molecule is Cc1c(N)c(C)c([B-](F)(F)F)c(C)c1CN1CCN(C(=O)OCC2c3ccccc3-c3ccccc32)CC1. The van der Waals surface area contributed by atoms with E-state index < -0.39 is 12.4 Å². The van der Waals surface area contributed by atoms with Gasteiger partial charge in [-0.1, -0.05) is 59.7 Å². The van der Waals surface area contributed by atoms with Gasteiger partial charge in [0.1, 0.15) is 6.61 Å². The van der Waals surface area contributed by atoms with Crippen molar-refractivity contribution in [2.45, 2.75) is 33.2 Å². The van der Waals surface area contributed by atoms with Gasteiger partial charge in [0.25, 0.3) is 0 Å². The molecule has 0 bridgehead atoms. The molecular weight excluding hydrogens is 490 g/mol. The van der Waals surface area contributed by atoms with Crippen molar-refractivity contribution >= 4 is 24.2 Å². The van der Waals surface area contributed by atoms with Crippen LogP contribution in [0.5, 0.6) is 0 Å². The third kappa shape index (κ3) is 4.64. The maximum absolute atomic E-state index is 13.8. The molecule has 1 fully saturated rings. The molecule has 1 aliphatic heterocycles. The molecule has 0 spiro atoms. The second-order valence-electron chi connectivity index (χ2n) is 10.3. The van der Waals surface area contributed by atoms with E-state index >= 15 is 0 Å².